The third kappa shape index (κ3) is 3.90. The summed E-state index contributed by atoms with van der Waals surface area (Å²) >= 11 is 5.98. The highest BCUT2D eigenvalue weighted by molar-refractivity contribution is 6.30. The highest BCUT2D eigenvalue weighted by Gasteiger charge is 2.29. The van der Waals surface area contributed by atoms with Crippen molar-refractivity contribution in [3.8, 4) is 0 Å². The van der Waals surface area contributed by atoms with Crippen LogP contribution in [0.25, 0.3) is 0 Å². The van der Waals surface area contributed by atoms with Crippen molar-refractivity contribution < 1.29 is 4.79 Å². The first kappa shape index (κ1) is 16.8. The van der Waals surface area contributed by atoms with Crippen LogP contribution in [0.3, 0.4) is 0 Å². The lowest BCUT2D eigenvalue weighted by Gasteiger charge is -2.33. The van der Waals surface area contributed by atoms with Gasteiger partial charge in [0.25, 0.3) is 0 Å². The Morgan fingerprint density at radius 1 is 1.04 bits per heavy atom. The molecule has 1 saturated carbocycles. The molecule has 3 nitrogen and oxygen atoms in total. The predicted molar refractivity (Wildman–Crippen MR) is 99.5 cm³/mol. The van der Waals surface area contributed by atoms with Crippen LogP contribution in [0.15, 0.2) is 54.6 Å². The third-order valence-electron chi connectivity index (χ3n) is 4.71. The van der Waals surface area contributed by atoms with E-state index in [0.717, 1.165) is 29.1 Å². The first-order valence-corrected chi connectivity index (χ1v) is 8.87. The maximum Gasteiger partial charge on any atom is 0.324 e. The van der Waals surface area contributed by atoms with Crippen LogP contribution in [0.1, 0.15) is 31.2 Å². The zero-order chi connectivity index (χ0) is 16.9. The van der Waals surface area contributed by atoms with Gasteiger partial charge in [-0.25, -0.2) is 4.79 Å². The van der Waals surface area contributed by atoms with Crippen LogP contribution in [-0.4, -0.2) is 24.0 Å². The first-order valence-electron chi connectivity index (χ1n) is 8.49. The molecule has 0 spiro atoms. The van der Waals surface area contributed by atoms with Gasteiger partial charge in [-0.15, -0.1) is 0 Å². The molecule has 1 aliphatic carbocycles. The normalized spacial score (nSPS) is 14.6. The Hall–Kier alpha value is -2.00. The quantitative estimate of drug-likeness (QED) is 0.735. The van der Waals surface area contributed by atoms with Gasteiger partial charge in [-0.3, -0.25) is 4.90 Å². The van der Waals surface area contributed by atoms with Crippen molar-refractivity contribution in [2.75, 3.05) is 11.9 Å². The Bertz CT molecular complexity index is 666. The molecule has 2 aromatic carbocycles. The van der Waals surface area contributed by atoms with Gasteiger partial charge in [0, 0.05) is 30.3 Å². The predicted octanol–water partition coefficient (Wildman–Crippen LogP) is 5.34. The smallest absolute Gasteiger partial charge is 0.317 e. The molecule has 24 heavy (non-hydrogen) atoms. The van der Waals surface area contributed by atoms with Gasteiger partial charge < -0.3 is 4.90 Å². The Morgan fingerprint density at radius 2 is 1.67 bits per heavy atom. The van der Waals surface area contributed by atoms with E-state index in [9.17, 15) is 4.79 Å². The minimum absolute atomic E-state index is 0.0584. The van der Waals surface area contributed by atoms with Gasteiger partial charge in [0.05, 0.1) is 0 Å². The Morgan fingerprint density at radius 3 is 2.29 bits per heavy atom. The monoisotopic (exact) mass is 342 g/mol. The van der Waals surface area contributed by atoms with Crippen LogP contribution < -0.4 is 4.90 Å². The fraction of sp³-hybridized carbons (Fsp3) is 0.350. The standard InChI is InChI=1S/C20H23ClN2O/c1-22(18-7-3-2-4-8-18)20(24)23(19-9-5-6-10-19)15-16-11-13-17(21)14-12-16/h2-4,7-8,11-14,19H,5-6,9-10,15H2,1H3. The maximum atomic E-state index is 13.1. The molecule has 2 aromatic rings. The van der Waals surface area contributed by atoms with E-state index in [1.165, 1.54) is 12.8 Å². The molecule has 0 unspecified atom stereocenters. The van der Waals surface area contributed by atoms with E-state index in [-0.39, 0.29) is 6.03 Å². The van der Waals surface area contributed by atoms with Gasteiger partial charge in [-0.2, -0.15) is 0 Å². The van der Waals surface area contributed by atoms with Crippen molar-refractivity contribution in [1.29, 1.82) is 0 Å². The number of carbonyl (C=O) groups is 1. The summed E-state index contributed by atoms with van der Waals surface area (Å²) in [4.78, 5) is 16.9. The van der Waals surface area contributed by atoms with E-state index in [1.807, 2.05) is 66.5 Å². The summed E-state index contributed by atoms with van der Waals surface area (Å²) < 4.78 is 0. The summed E-state index contributed by atoms with van der Waals surface area (Å²) in [6, 6.07) is 18.0. The summed E-state index contributed by atoms with van der Waals surface area (Å²) in [5, 5.41) is 0.721. The van der Waals surface area contributed by atoms with Crippen LogP contribution in [0.4, 0.5) is 10.5 Å². The van der Waals surface area contributed by atoms with Gasteiger partial charge in [0.15, 0.2) is 0 Å². The van der Waals surface area contributed by atoms with E-state index in [4.69, 9.17) is 11.6 Å². The Balaban J connectivity index is 1.81. The lowest BCUT2D eigenvalue weighted by atomic mass is 10.1. The number of hydrogen-bond donors (Lipinski definition) is 0. The second kappa shape index (κ2) is 7.71. The van der Waals surface area contributed by atoms with Crippen LogP contribution >= 0.6 is 11.6 Å². The number of amides is 2. The van der Waals surface area contributed by atoms with Crippen LogP contribution in [0, 0.1) is 0 Å². The van der Waals surface area contributed by atoms with Crippen molar-refractivity contribution in [2.24, 2.45) is 0 Å². The molecule has 0 bridgehead atoms. The minimum atomic E-state index is 0.0584. The van der Waals surface area contributed by atoms with Crippen molar-refractivity contribution in [3.63, 3.8) is 0 Å². The number of nitrogens with zero attached hydrogens (tertiary/aromatic N) is 2. The number of halogens is 1. The summed E-state index contributed by atoms with van der Waals surface area (Å²) in [5.74, 6) is 0. The summed E-state index contributed by atoms with van der Waals surface area (Å²) in [6.07, 6.45) is 4.57. The Kier molecular flexibility index (Phi) is 5.41. The molecule has 1 aliphatic rings. The van der Waals surface area contributed by atoms with E-state index in [0.29, 0.717) is 12.6 Å². The topological polar surface area (TPSA) is 23.6 Å². The number of hydrogen-bond acceptors (Lipinski definition) is 1. The van der Waals surface area contributed by atoms with Gasteiger partial charge >= 0.3 is 6.03 Å². The molecule has 0 saturated heterocycles. The van der Waals surface area contributed by atoms with Crippen molar-refractivity contribution in [3.05, 3.63) is 65.2 Å². The van der Waals surface area contributed by atoms with Gasteiger partial charge in [0.1, 0.15) is 0 Å². The second-order valence-corrected chi connectivity index (χ2v) is 6.81. The average Bonchev–Trinajstić information content (AvgIpc) is 3.15. The van der Waals surface area contributed by atoms with Gasteiger partial charge in [0.2, 0.25) is 0 Å². The van der Waals surface area contributed by atoms with Crippen molar-refractivity contribution >= 4 is 23.3 Å². The maximum absolute atomic E-state index is 13.1. The molecule has 0 radical (unpaired) electrons. The van der Waals surface area contributed by atoms with Crippen LogP contribution in [-0.2, 0) is 6.54 Å². The molecule has 0 aromatic heterocycles. The Labute approximate surface area is 148 Å². The molecule has 0 heterocycles. The lowest BCUT2D eigenvalue weighted by molar-refractivity contribution is 0.179. The highest BCUT2D eigenvalue weighted by Crippen LogP contribution is 2.27. The molecule has 0 aliphatic heterocycles. The zero-order valence-electron chi connectivity index (χ0n) is 14.0. The first-order chi connectivity index (χ1) is 11.6. The molecule has 2 amide bonds. The summed E-state index contributed by atoms with van der Waals surface area (Å²) in [6.45, 7) is 0.623. The lowest BCUT2D eigenvalue weighted by Crippen LogP contribution is -2.45. The second-order valence-electron chi connectivity index (χ2n) is 6.37. The van der Waals surface area contributed by atoms with Crippen molar-refractivity contribution in [1.82, 2.24) is 4.90 Å². The minimum Gasteiger partial charge on any atom is -0.317 e. The van der Waals surface area contributed by atoms with E-state index >= 15 is 0 Å². The van der Waals surface area contributed by atoms with E-state index in [2.05, 4.69) is 0 Å². The molecule has 1 fully saturated rings. The number of urea groups is 1. The van der Waals surface area contributed by atoms with Gasteiger partial charge in [-0.05, 0) is 42.7 Å². The largest absolute Gasteiger partial charge is 0.324 e. The third-order valence-corrected chi connectivity index (χ3v) is 4.96. The zero-order valence-corrected chi connectivity index (χ0v) is 14.7. The number of rotatable bonds is 4. The number of para-hydroxylation sites is 1. The molecule has 4 heteroatoms. The summed E-state index contributed by atoms with van der Waals surface area (Å²) in [7, 11) is 1.85. The average molecular weight is 343 g/mol. The summed E-state index contributed by atoms with van der Waals surface area (Å²) in [5.41, 5.74) is 2.03. The van der Waals surface area contributed by atoms with Gasteiger partial charge in [-0.1, -0.05) is 54.8 Å². The molecule has 0 N–H and O–H groups in total. The van der Waals surface area contributed by atoms with E-state index < -0.39 is 0 Å². The fourth-order valence-electron chi connectivity index (χ4n) is 3.31. The number of benzene rings is 2. The number of carbonyl (C=O) groups excluding carboxylic acids is 1. The van der Waals surface area contributed by atoms with E-state index in [1.54, 1.807) is 4.90 Å². The molecular weight excluding hydrogens is 320 g/mol. The van der Waals surface area contributed by atoms with Crippen LogP contribution in [0.5, 0.6) is 0 Å². The molecule has 0 atom stereocenters. The SMILES string of the molecule is CN(C(=O)N(Cc1ccc(Cl)cc1)C1CCCC1)c1ccccc1. The molecular formula is C20H23ClN2O. The van der Waals surface area contributed by atoms with Crippen molar-refractivity contribution in [2.45, 2.75) is 38.3 Å². The number of anilines is 1. The highest BCUT2D eigenvalue weighted by atomic mass is 35.5. The molecule has 3 rings (SSSR count). The molecule has 126 valence electrons. The van der Waals surface area contributed by atoms with Crippen LogP contribution in [0.2, 0.25) is 5.02 Å². The fourth-order valence-corrected chi connectivity index (χ4v) is 3.44.